The number of nitrogens with two attached hydrogens (primary N) is 1. The van der Waals surface area contributed by atoms with Gasteiger partial charge in [-0.1, -0.05) is 0 Å². The Morgan fingerprint density at radius 2 is 1.96 bits per heavy atom. The first-order valence-corrected chi connectivity index (χ1v) is 10.4. The quantitative estimate of drug-likeness (QED) is 0.594. The van der Waals surface area contributed by atoms with Gasteiger partial charge in [0.2, 0.25) is 5.95 Å². The molecule has 2 aromatic heterocycles. The monoisotopic (exact) mass is 402 g/mol. The van der Waals surface area contributed by atoms with Crippen molar-refractivity contribution in [3.63, 3.8) is 0 Å². The summed E-state index contributed by atoms with van der Waals surface area (Å²) in [5.41, 5.74) is 6.15. The first-order chi connectivity index (χ1) is 13.1. The highest BCUT2D eigenvalue weighted by atomic mass is 32.1. The van der Waals surface area contributed by atoms with E-state index in [1.807, 2.05) is 6.07 Å². The lowest BCUT2D eigenvalue weighted by Gasteiger charge is -2.46. The zero-order valence-corrected chi connectivity index (χ0v) is 17.8. The number of carbonyl (C=O) groups excluding carboxylic acids is 1. The molecule has 2 aromatic rings. The molecule has 28 heavy (non-hydrogen) atoms. The fourth-order valence-electron chi connectivity index (χ4n) is 4.13. The largest absolute Gasteiger partial charge is 0.352 e. The van der Waals surface area contributed by atoms with Crippen LogP contribution in [0.15, 0.2) is 24.4 Å². The molecule has 0 aromatic carbocycles. The van der Waals surface area contributed by atoms with Crippen molar-refractivity contribution in [2.24, 2.45) is 5.73 Å². The van der Waals surface area contributed by atoms with Gasteiger partial charge in [-0.25, -0.2) is 14.8 Å². The lowest BCUT2D eigenvalue weighted by atomic mass is 9.80. The van der Waals surface area contributed by atoms with Crippen molar-refractivity contribution in [1.29, 1.82) is 0 Å². The Morgan fingerprint density at radius 3 is 2.64 bits per heavy atom. The van der Waals surface area contributed by atoms with Gasteiger partial charge in [-0.15, -0.1) is 11.3 Å². The number of hydrogen-bond acceptors (Lipinski definition) is 6. The summed E-state index contributed by atoms with van der Waals surface area (Å²) < 4.78 is 0. The Bertz CT molecular complexity index is 816. The van der Waals surface area contributed by atoms with Gasteiger partial charge in [0.1, 0.15) is 0 Å². The average molecular weight is 403 g/mol. The number of urea groups is 1. The van der Waals surface area contributed by atoms with Crippen LogP contribution >= 0.6 is 11.3 Å². The molecule has 1 aliphatic rings. The van der Waals surface area contributed by atoms with Crippen LogP contribution in [-0.2, 0) is 6.42 Å². The van der Waals surface area contributed by atoms with Gasteiger partial charge in [0.05, 0.1) is 10.6 Å². The van der Waals surface area contributed by atoms with Crippen LogP contribution in [0.3, 0.4) is 0 Å². The highest BCUT2D eigenvalue weighted by Crippen LogP contribution is 2.31. The number of hydrogen-bond donors (Lipinski definition) is 4. The fraction of sp³-hybridized carbons (Fsp3) is 0.550. The van der Waals surface area contributed by atoms with Crippen LogP contribution in [0.1, 0.15) is 45.4 Å². The van der Waals surface area contributed by atoms with E-state index in [-0.39, 0.29) is 11.1 Å². The van der Waals surface area contributed by atoms with E-state index in [9.17, 15) is 4.79 Å². The Balaban J connectivity index is 1.67. The predicted octanol–water partition coefficient (Wildman–Crippen LogP) is 3.14. The number of piperidine rings is 1. The van der Waals surface area contributed by atoms with Crippen LogP contribution in [0.2, 0.25) is 0 Å². The van der Waals surface area contributed by atoms with Gasteiger partial charge in [-0.05, 0) is 65.2 Å². The number of amides is 2. The topological polar surface area (TPSA) is 105 Å². The molecule has 0 spiro atoms. The average Bonchev–Trinajstić information content (AvgIpc) is 3.00. The minimum Gasteiger partial charge on any atom is -0.352 e. The van der Waals surface area contributed by atoms with E-state index in [0.717, 1.165) is 29.8 Å². The summed E-state index contributed by atoms with van der Waals surface area (Å²) in [6, 6.07) is 5.88. The number of anilines is 1. The summed E-state index contributed by atoms with van der Waals surface area (Å²) in [6.07, 6.45) is 4.58. The SMILES string of the molecule is CC1(C)CC(Nc2nccc(-c3ccc(CCNC(N)=O)s3)n2)CC(C)(C)N1. The Hall–Kier alpha value is -2.19. The lowest BCUT2D eigenvalue weighted by molar-refractivity contribution is 0.170. The number of primary amides is 1. The van der Waals surface area contributed by atoms with Crippen molar-refractivity contribution in [3.8, 4) is 10.6 Å². The molecule has 3 rings (SSSR count). The van der Waals surface area contributed by atoms with Crippen molar-refractivity contribution in [2.45, 2.75) is 64.1 Å². The van der Waals surface area contributed by atoms with Crippen molar-refractivity contribution in [2.75, 3.05) is 11.9 Å². The molecule has 7 nitrogen and oxygen atoms in total. The van der Waals surface area contributed by atoms with E-state index in [0.29, 0.717) is 18.5 Å². The number of rotatable bonds is 6. The Kier molecular flexibility index (Phi) is 5.90. The molecule has 152 valence electrons. The van der Waals surface area contributed by atoms with Crippen LogP contribution in [0, 0.1) is 0 Å². The molecule has 1 saturated heterocycles. The summed E-state index contributed by atoms with van der Waals surface area (Å²) >= 11 is 1.67. The molecule has 3 heterocycles. The van der Waals surface area contributed by atoms with Crippen LogP contribution < -0.4 is 21.7 Å². The van der Waals surface area contributed by atoms with Gasteiger partial charge in [0.25, 0.3) is 0 Å². The third-order valence-corrected chi connectivity index (χ3v) is 5.93. The smallest absolute Gasteiger partial charge is 0.312 e. The lowest BCUT2D eigenvalue weighted by Crippen LogP contribution is -2.60. The van der Waals surface area contributed by atoms with Crippen LogP contribution in [-0.4, -0.2) is 39.7 Å². The van der Waals surface area contributed by atoms with Crippen molar-refractivity contribution < 1.29 is 4.79 Å². The minimum absolute atomic E-state index is 0.0681. The van der Waals surface area contributed by atoms with Crippen molar-refractivity contribution >= 4 is 23.3 Å². The van der Waals surface area contributed by atoms with Crippen molar-refractivity contribution in [3.05, 3.63) is 29.3 Å². The Morgan fingerprint density at radius 1 is 1.25 bits per heavy atom. The fourth-order valence-corrected chi connectivity index (χ4v) is 5.11. The van der Waals surface area contributed by atoms with E-state index >= 15 is 0 Å². The van der Waals surface area contributed by atoms with Crippen LogP contribution in [0.5, 0.6) is 0 Å². The molecule has 0 radical (unpaired) electrons. The third-order valence-electron chi connectivity index (χ3n) is 4.76. The van der Waals surface area contributed by atoms with Crippen molar-refractivity contribution in [1.82, 2.24) is 20.6 Å². The summed E-state index contributed by atoms with van der Waals surface area (Å²) in [5.74, 6) is 0.668. The van der Waals surface area contributed by atoms with E-state index in [1.165, 1.54) is 4.88 Å². The number of nitrogens with one attached hydrogen (secondary N) is 3. The third kappa shape index (κ3) is 5.65. The summed E-state index contributed by atoms with van der Waals surface area (Å²) in [7, 11) is 0. The zero-order valence-electron chi connectivity index (χ0n) is 17.0. The Labute approximate surface area is 170 Å². The predicted molar refractivity (Wildman–Crippen MR) is 115 cm³/mol. The van der Waals surface area contributed by atoms with Gasteiger partial charge in [-0.2, -0.15) is 0 Å². The molecule has 0 atom stereocenters. The normalized spacial score (nSPS) is 18.6. The molecule has 0 unspecified atom stereocenters. The summed E-state index contributed by atoms with van der Waals surface area (Å²) in [6.45, 7) is 9.48. The van der Waals surface area contributed by atoms with Gasteiger partial charge in [-0.3, -0.25) is 0 Å². The van der Waals surface area contributed by atoms with E-state index in [4.69, 9.17) is 10.7 Å². The molecular formula is C20H30N6OS. The highest BCUT2D eigenvalue weighted by Gasteiger charge is 2.37. The van der Waals surface area contributed by atoms with Gasteiger partial charge in [0.15, 0.2) is 0 Å². The second-order valence-corrected chi connectivity index (χ2v) is 9.88. The van der Waals surface area contributed by atoms with Gasteiger partial charge < -0.3 is 21.7 Å². The maximum Gasteiger partial charge on any atom is 0.312 e. The first-order valence-electron chi connectivity index (χ1n) is 9.63. The number of thiophene rings is 1. The summed E-state index contributed by atoms with van der Waals surface area (Å²) in [4.78, 5) is 22.2. The molecule has 2 amide bonds. The second-order valence-electron chi connectivity index (χ2n) is 8.71. The minimum atomic E-state index is -0.493. The molecule has 5 N–H and O–H groups in total. The number of nitrogens with zero attached hydrogens (tertiary/aromatic N) is 2. The van der Waals surface area contributed by atoms with Crippen LogP contribution in [0.4, 0.5) is 10.7 Å². The first kappa shape index (κ1) is 20.5. The van der Waals surface area contributed by atoms with E-state index < -0.39 is 6.03 Å². The summed E-state index contributed by atoms with van der Waals surface area (Å²) in [5, 5.41) is 9.85. The maximum atomic E-state index is 10.8. The maximum absolute atomic E-state index is 10.8. The molecule has 0 saturated carbocycles. The van der Waals surface area contributed by atoms with E-state index in [2.05, 4.69) is 60.8 Å². The second kappa shape index (κ2) is 8.05. The zero-order chi connectivity index (χ0) is 20.4. The molecular weight excluding hydrogens is 372 g/mol. The number of aromatic nitrogens is 2. The van der Waals surface area contributed by atoms with E-state index in [1.54, 1.807) is 17.5 Å². The number of carbonyl (C=O) groups is 1. The standard InChI is InChI=1S/C20H30N6OS/c1-19(2)11-13(12-20(3,4)26-19)24-18-23-10-8-15(25-18)16-6-5-14(28-16)7-9-22-17(21)27/h5-6,8,10,13,26H,7,9,11-12H2,1-4H3,(H3,21,22,27)(H,23,24,25). The molecule has 0 aliphatic carbocycles. The molecule has 0 bridgehead atoms. The van der Waals surface area contributed by atoms with Gasteiger partial charge in [0, 0.05) is 34.7 Å². The molecule has 8 heteroatoms. The highest BCUT2D eigenvalue weighted by molar-refractivity contribution is 7.15. The van der Waals surface area contributed by atoms with Crippen LogP contribution in [0.25, 0.3) is 10.6 Å². The molecule has 1 fully saturated rings. The molecule has 1 aliphatic heterocycles. The van der Waals surface area contributed by atoms with Gasteiger partial charge >= 0.3 is 6.03 Å².